The van der Waals surface area contributed by atoms with Gasteiger partial charge in [-0.1, -0.05) is 13.3 Å². The maximum atomic E-state index is 12.1. The minimum Gasteiger partial charge on any atom is -0.349 e. The van der Waals surface area contributed by atoms with Gasteiger partial charge in [0.15, 0.2) is 0 Å². The molecule has 2 unspecified atom stereocenters. The predicted octanol–water partition coefficient (Wildman–Crippen LogP) is 3.40. The number of aryl methyl sites for hydroxylation is 1. The third-order valence-electron chi connectivity index (χ3n) is 4.32. The zero-order valence-corrected chi connectivity index (χ0v) is 13.2. The summed E-state index contributed by atoms with van der Waals surface area (Å²) < 4.78 is 0. The summed E-state index contributed by atoms with van der Waals surface area (Å²) in [6, 6.07) is 2.42. The maximum absolute atomic E-state index is 12.1. The van der Waals surface area contributed by atoms with Gasteiger partial charge in [0.1, 0.15) is 0 Å². The van der Waals surface area contributed by atoms with E-state index < -0.39 is 0 Å². The predicted molar refractivity (Wildman–Crippen MR) is 84.8 cm³/mol. The molecule has 1 aromatic heterocycles. The van der Waals surface area contributed by atoms with E-state index in [1.54, 1.807) is 0 Å². The van der Waals surface area contributed by atoms with Gasteiger partial charge in [-0.25, -0.2) is 0 Å². The smallest absolute Gasteiger partial charge is 0.220 e. The van der Waals surface area contributed by atoms with Crippen molar-refractivity contribution in [3.63, 3.8) is 0 Å². The highest BCUT2D eigenvalue weighted by Crippen LogP contribution is 2.33. The fourth-order valence-electron chi connectivity index (χ4n) is 3.03. The van der Waals surface area contributed by atoms with Crippen molar-refractivity contribution in [1.29, 1.82) is 0 Å². The van der Waals surface area contributed by atoms with E-state index in [-0.39, 0.29) is 11.9 Å². The molecular weight excluding hydrogens is 268 g/mol. The highest BCUT2D eigenvalue weighted by molar-refractivity contribution is 7.10. The largest absolute Gasteiger partial charge is 0.349 e. The van der Waals surface area contributed by atoms with Gasteiger partial charge < -0.3 is 11.1 Å². The number of thiophene rings is 1. The molecule has 1 heterocycles. The van der Waals surface area contributed by atoms with Crippen LogP contribution in [-0.4, -0.2) is 12.5 Å². The number of carbonyl (C=O) groups is 1. The van der Waals surface area contributed by atoms with Crippen LogP contribution in [0.15, 0.2) is 11.4 Å². The van der Waals surface area contributed by atoms with Crippen LogP contribution in [0.2, 0.25) is 0 Å². The molecule has 0 saturated carbocycles. The van der Waals surface area contributed by atoms with Crippen molar-refractivity contribution in [2.45, 2.75) is 57.9 Å². The van der Waals surface area contributed by atoms with E-state index in [0.717, 1.165) is 32.2 Å². The topological polar surface area (TPSA) is 55.1 Å². The summed E-state index contributed by atoms with van der Waals surface area (Å²) in [4.78, 5) is 13.6. The number of rotatable bonds is 7. The molecule has 2 rings (SSSR count). The van der Waals surface area contributed by atoms with Crippen LogP contribution in [0.4, 0.5) is 0 Å². The van der Waals surface area contributed by atoms with Crippen molar-refractivity contribution in [1.82, 2.24) is 5.32 Å². The van der Waals surface area contributed by atoms with Crippen LogP contribution in [0.1, 0.15) is 61.9 Å². The van der Waals surface area contributed by atoms with E-state index in [2.05, 4.69) is 23.7 Å². The van der Waals surface area contributed by atoms with Crippen molar-refractivity contribution < 1.29 is 4.79 Å². The van der Waals surface area contributed by atoms with Gasteiger partial charge in [-0.3, -0.25) is 4.79 Å². The number of nitrogens with one attached hydrogen (secondary N) is 1. The summed E-state index contributed by atoms with van der Waals surface area (Å²) in [7, 11) is 0. The van der Waals surface area contributed by atoms with Gasteiger partial charge in [-0.2, -0.15) is 0 Å². The standard InChI is InChI=1S/C16H26N2OS/c1-2-12(8-10-17)6-7-16(19)18-14-4-3-5-15-13(14)9-11-20-15/h9,11-12,14H,2-8,10,17H2,1H3,(H,18,19). The normalized spacial score (nSPS) is 19.4. The Kier molecular flexibility index (Phi) is 6.05. The first kappa shape index (κ1) is 15.5. The number of nitrogens with two attached hydrogens (primary N) is 1. The summed E-state index contributed by atoms with van der Waals surface area (Å²) in [5.74, 6) is 0.790. The molecule has 112 valence electrons. The molecule has 0 saturated heterocycles. The molecule has 0 aromatic carbocycles. The molecule has 1 aromatic rings. The maximum Gasteiger partial charge on any atom is 0.220 e. The molecule has 2 atom stereocenters. The Hall–Kier alpha value is -0.870. The average molecular weight is 294 g/mol. The van der Waals surface area contributed by atoms with Crippen molar-refractivity contribution in [3.8, 4) is 0 Å². The summed E-state index contributed by atoms with van der Waals surface area (Å²) in [6.45, 7) is 2.90. The lowest BCUT2D eigenvalue weighted by molar-refractivity contribution is -0.122. The lowest BCUT2D eigenvalue weighted by Gasteiger charge is -2.24. The van der Waals surface area contributed by atoms with E-state index in [4.69, 9.17) is 5.73 Å². The average Bonchev–Trinajstić information content (AvgIpc) is 2.93. The minimum atomic E-state index is 0.199. The fraction of sp³-hybridized carbons (Fsp3) is 0.688. The highest BCUT2D eigenvalue weighted by atomic mass is 32.1. The number of carbonyl (C=O) groups excluding carboxylic acids is 1. The van der Waals surface area contributed by atoms with Crippen LogP contribution >= 0.6 is 11.3 Å². The molecule has 0 spiro atoms. The Morgan fingerprint density at radius 1 is 1.55 bits per heavy atom. The van der Waals surface area contributed by atoms with Gasteiger partial charge >= 0.3 is 0 Å². The van der Waals surface area contributed by atoms with Gasteiger partial charge in [0.2, 0.25) is 5.91 Å². The van der Waals surface area contributed by atoms with Crippen LogP contribution < -0.4 is 11.1 Å². The van der Waals surface area contributed by atoms with Gasteiger partial charge in [-0.15, -0.1) is 11.3 Å². The van der Waals surface area contributed by atoms with E-state index in [9.17, 15) is 4.79 Å². The molecule has 4 heteroatoms. The van der Waals surface area contributed by atoms with Gasteiger partial charge in [-0.05, 0) is 61.6 Å². The molecule has 1 aliphatic carbocycles. The first-order valence-corrected chi connectivity index (χ1v) is 8.68. The molecule has 20 heavy (non-hydrogen) atoms. The lowest BCUT2D eigenvalue weighted by atomic mass is 9.93. The third kappa shape index (κ3) is 4.06. The van der Waals surface area contributed by atoms with Crippen LogP contribution in [0.3, 0.4) is 0 Å². The van der Waals surface area contributed by atoms with Crippen molar-refractivity contribution in [3.05, 3.63) is 21.9 Å². The summed E-state index contributed by atoms with van der Waals surface area (Å²) in [6.07, 6.45) is 7.17. The van der Waals surface area contributed by atoms with Crippen LogP contribution in [0.25, 0.3) is 0 Å². The number of hydrogen-bond donors (Lipinski definition) is 2. The summed E-state index contributed by atoms with van der Waals surface area (Å²) in [5.41, 5.74) is 6.95. The van der Waals surface area contributed by atoms with Gasteiger partial charge in [0.25, 0.3) is 0 Å². The Bertz CT molecular complexity index is 430. The summed E-state index contributed by atoms with van der Waals surface area (Å²) in [5, 5.41) is 5.36. The second kappa shape index (κ2) is 7.79. The highest BCUT2D eigenvalue weighted by Gasteiger charge is 2.22. The molecule has 0 radical (unpaired) electrons. The van der Waals surface area contributed by atoms with E-state index in [0.29, 0.717) is 12.3 Å². The molecule has 3 N–H and O–H groups in total. The summed E-state index contributed by atoms with van der Waals surface area (Å²) >= 11 is 1.82. The monoisotopic (exact) mass is 294 g/mol. The Morgan fingerprint density at radius 3 is 3.15 bits per heavy atom. The Labute approximate surface area is 125 Å². The van der Waals surface area contributed by atoms with Crippen LogP contribution in [0, 0.1) is 5.92 Å². The van der Waals surface area contributed by atoms with Crippen LogP contribution in [-0.2, 0) is 11.2 Å². The van der Waals surface area contributed by atoms with Crippen molar-refractivity contribution >= 4 is 17.2 Å². The van der Waals surface area contributed by atoms with Crippen molar-refractivity contribution in [2.75, 3.05) is 6.54 Å². The molecule has 1 amide bonds. The molecule has 0 fully saturated rings. The number of fused-ring (bicyclic) bond motifs is 1. The molecular formula is C16H26N2OS. The van der Waals surface area contributed by atoms with Crippen LogP contribution in [0.5, 0.6) is 0 Å². The number of hydrogen-bond acceptors (Lipinski definition) is 3. The van der Waals surface area contributed by atoms with E-state index >= 15 is 0 Å². The second-order valence-corrected chi connectivity index (χ2v) is 6.70. The molecule has 3 nitrogen and oxygen atoms in total. The number of amides is 1. The first-order chi connectivity index (χ1) is 9.74. The minimum absolute atomic E-state index is 0.199. The van der Waals surface area contributed by atoms with Gasteiger partial charge in [0, 0.05) is 11.3 Å². The van der Waals surface area contributed by atoms with E-state index in [1.807, 2.05) is 11.3 Å². The first-order valence-electron chi connectivity index (χ1n) is 7.80. The molecule has 0 aliphatic heterocycles. The fourth-order valence-corrected chi connectivity index (χ4v) is 4.01. The quantitative estimate of drug-likeness (QED) is 0.810. The van der Waals surface area contributed by atoms with Crippen molar-refractivity contribution in [2.24, 2.45) is 11.7 Å². The zero-order valence-electron chi connectivity index (χ0n) is 12.4. The van der Waals surface area contributed by atoms with Gasteiger partial charge in [0.05, 0.1) is 6.04 Å². The molecule has 1 aliphatic rings. The molecule has 0 bridgehead atoms. The Morgan fingerprint density at radius 2 is 2.40 bits per heavy atom. The third-order valence-corrected chi connectivity index (χ3v) is 5.32. The Balaban J connectivity index is 1.81. The SMILES string of the molecule is CCC(CCN)CCC(=O)NC1CCCc2sccc21. The zero-order chi connectivity index (χ0) is 14.4. The second-order valence-electron chi connectivity index (χ2n) is 5.70. The lowest BCUT2D eigenvalue weighted by Crippen LogP contribution is -2.30. The van der Waals surface area contributed by atoms with E-state index in [1.165, 1.54) is 23.3 Å².